The van der Waals surface area contributed by atoms with E-state index in [1.165, 1.54) is 5.56 Å². The largest absolute Gasteiger partial charge is 0.447 e. The summed E-state index contributed by atoms with van der Waals surface area (Å²) in [5.74, 6) is 0. The van der Waals surface area contributed by atoms with E-state index in [1.54, 1.807) is 0 Å². The summed E-state index contributed by atoms with van der Waals surface area (Å²) in [7, 11) is 0. The molecule has 1 aliphatic rings. The normalized spacial score (nSPS) is 20.4. The molecule has 1 N–H and O–H groups in total. The molecular formula is C10H10BrNO2. The number of nitrogens with one attached hydrogen (secondary N) is 1. The van der Waals surface area contributed by atoms with Crippen molar-refractivity contribution in [1.82, 2.24) is 5.32 Å². The molecule has 0 radical (unpaired) electrons. The lowest BCUT2D eigenvalue weighted by Gasteiger charge is -2.10. The number of carbonyl (C=O) groups is 1. The Morgan fingerprint density at radius 1 is 1.57 bits per heavy atom. The van der Waals surface area contributed by atoms with Crippen LogP contribution in [-0.4, -0.2) is 12.7 Å². The van der Waals surface area contributed by atoms with Gasteiger partial charge in [0.1, 0.15) is 6.61 Å². The Morgan fingerprint density at radius 2 is 2.36 bits per heavy atom. The maximum absolute atomic E-state index is 10.9. The van der Waals surface area contributed by atoms with Crippen LogP contribution in [0.1, 0.15) is 17.2 Å². The van der Waals surface area contributed by atoms with Crippen LogP contribution in [0.15, 0.2) is 22.7 Å². The minimum absolute atomic E-state index is 0.0301. The fourth-order valence-corrected chi connectivity index (χ4v) is 2.24. The predicted octanol–water partition coefficient (Wildman–Crippen LogP) is 2.54. The first-order chi connectivity index (χ1) is 6.66. The molecule has 1 atom stereocenters. The summed E-state index contributed by atoms with van der Waals surface area (Å²) in [6.45, 7) is 2.43. The molecule has 2 rings (SSSR count). The molecule has 0 spiro atoms. The van der Waals surface area contributed by atoms with Gasteiger partial charge in [0, 0.05) is 4.47 Å². The fraction of sp³-hybridized carbons (Fsp3) is 0.300. The van der Waals surface area contributed by atoms with Crippen molar-refractivity contribution in [3.63, 3.8) is 0 Å². The fourth-order valence-electron chi connectivity index (χ4n) is 1.47. The first-order valence-electron chi connectivity index (χ1n) is 4.36. The first-order valence-corrected chi connectivity index (χ1v) is 5.15. The van der Waals surface area contributed by atoms with Crippen LogP contribution in [0.4, 0.5) is 4.79 Å². The number of rotatable bonds is 1. The molecule has 1 heterocycles. The molecule has 0 saturated carbocycles. The minimum Gasteiger partial charge on any atom is -0.447 e. The lowest BCUT2D eigenvalue weighted by Crippen LogP contribution is -2.18. The number of halogens is 1. The van der Waals surface area contributed by atoms with Crippen molar-refractivity contribution in [2.75, 3.05) is 6.61 Å². The number of carbonyl (C=O) groups excluding carboxylic acids is 1. The SMILES string of the molecule is Cc1ccc([C@@H]2COC(=O)N2)c(Br)c1. The smallest absolute Gasteiger partial charge is 0.407 e. The average Bonchev–Trinajstić information content (AvgIpc) is 2.51. The van der Waals surface area contributed by atoms with Gasteiger partial charge in [0.25, 0.3) is 0 Å². The monoisotopic (exact) mass is 255 g/mol. The standard InChI is InChI=1S/C10H10BrNO2/c1-6-2-3-7(8(11)4-6)9-5-14-10(13)12-9/h2-4,9H,5H2,1H3,(H,12,13)/t9-/m0/s1. The van der Waals surface area contributed by atoms with E-state index in [0.717, 1.165) is 10.0 Å². The summed E-state index contributed by atoms with van der Waals surface area (Å²) < 4.78 is 5.84. The molecule has 1 aromatic rings. The molecule has 1 saturated heterocycles. The van der Waals surface area contributed by atoms with Crippen LogP contribution in [-0.2, 0) is 4.74 Å². The van der Waals surface area contributed by atoms with E-state index in [-0.39, 0.29) is 12.1 Å². The topological polar surface area (TPSA) is 38.3 Å². The van der Waals surface area contributed by atoms with Crippen molar-refractivity contribution in [2.24, 2.45) is 0 Å². The molecule has 14 heavy (non-hydrogen) atoms. The average molecular weight is 256 g/mol. The van der Waals surface area contributed by atoms with Crippen molar-refractivity contribution >= 4 is 22.0 Å². The summed E-state index contributed by atoms with van der Waals surface area (Å²) in [6, 6.07) is 6.01. The minimum atomic E-state index is -0.345. The zero-order valence-corrected chi connectivity index (χ0v) is 9.30. The van der Waals surface area contributed by atoms with E-state index in [2.05, 4.69) is 21.2 Å². The molecule has 1 amide bonds. The number of amides is 1. The maximum Gasteiger partial charge on any atom is 0.407 e. The van der Waals surface area contributed by atoms with Crippen LogP contribution in [0.25, 0.3) is 0 Å². The van der Waals surface area contributed by atoms with E-state index in [9.17, 15) is 4.79 Å². The van der Waals surface area contributed by atoms with Gasteiger partial charge in [-0.3, -0.25) is 0 Å². The van der Waals surface area contributed by atoms with Gasteiger partial charge in [0.15, 0.2) is 0 Å². The Bertz CT molecular complexity index is 378. The molecule has 0 aliphatic carbocycles. The molecule has 74 valence electrons. The van der Waals surface area contributed by atoms with Gasteiger partial charge < -0.3 is 10.1 Å². The summed E-state index contributed by atoms with van der Waals surface area (Å²) >= 11 is 3.47. The van der Waals surface area contributed by atoms with E-state index in [1.807, 2.05) is 25.1 Å². The van der Waals surface area contributed by atoms with Gasteiger partial charge in [-0.2, -0.15) is 0 Å². The van der Waals surface area contributed by atoms with Crippen LogP contribution in [0.2, 0.25) is 0 Å². The number of benzene rings is 1. The molecule has 1 fully saturated rings. The highest BCUT2D eigenvalue weighted by atomic mass is 79.9. The molecular weight excluding hydrogens is 246 g/mol. The number of alkyl carbamates (subject to hydrolysis) is 1. The number of hydrogen-bond donors (Lipinski definition) is 1. The van der Waals surface area contributed by atoms with E-state index < -0.39 is 0 Å². The van der Waals surface area contributed by atoms with Crippen molar-refractivity contribution in [3.8, 4) is 0 Å². The van der Waals surface area contributed by atoms with Crippen molar-refractivity contribution in [3.05, 3.63) is 33.8 Å². The highest BCUT2D eigenvalue weighted by Gasteiger charge is 2.25. The Hall–Kier alpha value is -1.03. The van der Waals surface area contributed by atoms with Crippen LogP contribution in [0.5, 0.6) is 0 Å². The summed E-state index contributed by atoms with van der Waals surface area (Å²) in [5.41, 5.74) is 2.24. The second-order valence-corrected chi connectivity index (χ2v) is 4.17. The van der Waals surface area contributed by atoms with Gasteiger partial charge in [-0.25, -0.2) is 4.79 Å². The van der Waals surface area contributed by atoms with Gasteiger partial charge in [-0.05, 0) is 24.1 Å². The molecule has 0 aromatic heterocycles. The van der Waals surface area contributed by atoms with Crippen molar-refractivity contribution in [2.45, 2.75) is 13.0 Å². The third-order valence-corrected chi connectivity index (χ3v) is 2.89. The third-order valence-electron chi connectivity index (χ3n) is 2.20. The highest BCUT2D eigenvalue weighted by molar-refractivity contribution is 9.10. The Morgan fingerprint density at radius 3 is 2.93 bits per heavy atom. The van der Waals surface area contributed by atoms with Gasteiger partial charge in [-0.15, -0.1) is 0 Å². The molecule has 4 heteroatoms. The van der Waals surface area contributed by atoms with Crippen molar-refractivity contribution in [1.29, 1.82) is 0 Å². The van der Waals surface area contributed by atoms with Gasteiger partial charge in [0.05, 0.1) is 6.04 Å². The summed E-state index contributed by atoms with van der Waals surface area (Å²) in [6.07, 6.45) is -0.345. The maximum atomic E-state index is 10.9. The van der Waals surface area contributed by atoms with Crippen LogP contribution < -0.4 is 5.32 Å². The first kappa shape index (κ1) is 9.52. The van der Waals surface area contributed by atoms with Gasteiger partial charge >= 0.3 is 6.09 Å². The predicted molar refractivity (Wildman–Crippen MR) is 56.1 cm³/mol. The Labute approximate surface area is 90.6 Å². The summed E-state index contributed by atoms with van der Waals surface area (Å²) in [5, 5.41) is 2.74. The number of hydrogen-bond acceptors (Lipinski definition) is 2. The second kappa shape index (κ2) is 3.61. The number of cyclic esters (lactones) is 1. The molecule has 1 aromatic carbocycles. The van der Waals surface area contributed by atoms with Crippen LogP contribution in [0, 0.1) is 6.92 Å². The molecule has 3 nitrogen and oxygen atoms in total. The Balaban J connectivity index is 2.28. The molecule has 1 aliphatic heterocycles. The third kappa shape index (κ3) is 1.75. The molecule has 0 unspecified atom stereocenters. The van der Waals surface area contributed by atoms with E-state index >= 15 is 0 Å². The lowest BCUT2D eigenvalue weighted by molar-refractivity contribution is 0.177. The zero-order valence-electron chi connectivity index (χ0n) is 7.71. The quantitative estimate of drug-likeness (QED) is 0.838. The van der Waals surface area contributed by atoms with E-state index in [4.69, 9.17) is 4.74 Å². The zero-order chi connectivity index (χ0) is 10.1. The van der Waals surface area contributed by atoms with Gasteiger partial charge in [-0.1, -0.05) is 28.1 Å². The highest BCUT2D eigenvalue weighted by Crippen LogP contribution is 2.26. The Kier molecular flexibility index (Phi) is 2.46. The van der Waals surface area contributed by atoms with E-state index in [0.29, 0.717) is 6.61 Å². The molecule has 0 bridgehead atoms. The second-order valence-electron chi connectivity index (χ2n) is 3.32. The summed E-state index contributed by atoms with van der Waals surface area (Å²) in [4.78, 5) is 10.9. The van der Waals surface area contributed by atoms with Gasteiger partial charge in [0.2, 0.25) is 0 Å². The van der Waals surface area contributed by atoms with Crippen LogP contribution in [0.3, 0.4) is 0 Å². The van der Waals surface area contributed by atoms with Crippen molar-refractivity contribution < 1.29 is 9.53 Å². The lowest BCUT2D eigenvalue weighted by atomic mass is 10.1. The van der Waals surface area contributed by atoms with Crippen LogP contribution >= 0.6 is 15.9 Å². The number of ether oxygens (including phenoxy) is 1. The number of aryl methyl sites for hydroxylation is 1.